The molecule has 178 valence electrons. The number of nitriles is 1. The van der Waals surface area contributed by atoms with E-state index in [9.17, 15) is 10.1 Å². The number of hydrogen-bond acceptors (Lipinski definition) is 7. The summed E-state index contributed by atoms with van der Waals surface area (Å²) in [4.78, 5) is 17.3. The van der Waals surface area contributed by atoms with Gasteiger partial charge in [0.15, 0.2) is 5.82 Å². The number of anilines is 1. The Labute approximate surface area is 207 Å². The molecule has 9 nitrogen and oxygen atoms in total. The SMILES string of the molecule is COc1ccc(-c2nc(SCC(=O)Nc3c(C#N)c(C)c(C)n3-c3ccc(OC)cc3)n[nH]2)cc1. The highest BCUT2D eigenvalue weighted by Gasteiger charge is 2.21. The first-order valence-corrected chi connectivity index (χ1v) is 11.7. The zero-order chi connectivity index (χ0) is 24.9. The van der Waals surface area contributed by atoms with Crippen molar-refractivity contribution in [1.29, 1.82) is 5.26 Å². The van der Waals surface area contributed by atoms with Crippen LogP contribution in [0.1, 0.15) is 16.8 Å². The Bertz CT molecular complexity index is 1380. The van der Waals surface area contributed by atoms with E-state index in [2.05, 4.69) is 26.6 Å². The molecule has 0 fully saturated rings. The van der Waals surface area contributed by atoms with Gasteiger partial charge in [0.2, 0.25) is 11.1 Å². The third kappa shape index (κ3) is 5.00. The largest absolute Gasteiger partial charge is 0.497 e. The summed E-state index contributed by atoms with van der Waals surface area (Å²) in [5, 5.41) is 20.2. The molecule has 2 N–H and O–H groups in total. The molecule has 0 bridgehead atoms. The molecule has 0 atom stereocenters. The molecular weight excluding hydrogens is 464 g/mol. The number of hydrogen-bond donors (Lipinski definition) is 2. The fourth-order valence-corrected chi connectivity index (χ4v) is 4.20. The van der Waals surface area contributed by atoms with Crippen LogP contribution in [0.3, 0.4) is 0 Å². The molecule has 0 saturated heterocycles. The minimum Gasteiger partial charge on any atom is -0.497 e. The van der Waals surface area contributed by atoms with E-state index in [0.717, 1.165) is 34.0 Å². The molecule has 0 aliphatic heterocycles. The number of rotatable bonds is 8. The Kier molecular flexibility index (Phi) is 7.08. The standard InChI is InChI=1S/C25H24N6O3S/c1-15-16(2)31(18-7-11-20(34-4)12-8-18)24(21(15)13-26)27-22(32)14-35-25-28-23(29-30-25)17-5-9-19(33-3)10-6-17/h5-12H,14H2,1-4H3,(H,27,32)(H,28,29,30). The maximum Gasteiger partial charge on any atom is 0.236 e. The van der Waals surface area contributed by atoms with Gasteiger partial charge in [-0.05, 0) is 67.9 Å². The second-order valence-electron chi connectivity index (χ2n) is 7.61. The van der Waals surface area contributed by atoms with Crippen molar-refractivity contribution in [1.82, 2.24) is 19.7 Å². The summed E-state index contributed by atoms with van der Waals surface area (Å²) >= 11 is 1.20. The van der Waals surface area contributed by atoms with Gasteiger partial charge in [-0.15, -0.1) is 5.10 Å². The predicted molar refractivity (Wildman–Crippen MR) is 134 cm³/mol. The van der Waals surface area contributed by atoms with Gasteiger partial charge in [-0.2, -0.15) is 5.26 Å². The van der Waals surface area contributed by atoms with E-state index in [1.54, 1.807) is 14.2 Å². The second kappa shape index (κ2) is 10.4. The van der Waals surface area contributed by atoms with Crippen molar-refractivity contribution < 1.29 is 14.3 Å². The van der Waals surface area contributed by atoms with Crippen molar-refractivity contribution in [2.24, 2.45) is 0 Å². The van der Waals surface area contributed by atoms with Crippen LogP contribution in [-0.4, -0.2) is 45.6 Å². The lowest BCUT2D eigenvalue weighted by Crippen LogP contribution is -2.17. The minimum absolute atomic E-state index is 0.0800. The number of aromatic amines is 1. The third-order valence-electron chi connectivity index (χ3n) is 5.57. The van der Waals surface area contributed by atoms with Crippen LogP contribution in [0.15, 0.2) is 53.7 Å². The zero-order valence-corrected chi connectivity index (χ0v) is 20.6. The van der Waals surface area contributed by atoms with Crippen molar-refractivity contribution in [3.8, 4) is 34.6 Å². The number of carbonyl (C=O) groups excluding carboxylic acids is 1. The summed E-state index contributed by atoms with van der Waals surface area (Å²) < 4.78 is 12.3. The van der Waals surface area contributed by atoms with E-state index >= 15 is 0 Å². The van der Waals surface area contributed by atoms with Crippen molar-refractivity contribution in [2.75, 3.05) is 25.3 Å². The van der Waals surface area contributed by atoms with Crippen LogP contribution >= 0.6 is 11.8 Å². The van der Waals surface area contributed by atoms with Gasteiger partial charge in [0.25, 0.3) is 0 Å². The lowest BCUT2D eigenvalue weighted by atomic mass is 10.2. The summed E-state index contributed by atoms with van der Waals surface area (Å²) in [5.41, 5.74) is 3.78. The number of nitrogens with one attached hydrogen (secondary N) is 2. The highest BCUT2D eigenvalue weighted by molar-refractivity contribution is 7.99. The van der Waals surface area contributed by atoms with E-state index in [1.165, 1.54) is 11.8 Å². The van der Waals surface area contributed by atoms with E-state index < -0.39 is 0 Å². The Morgan fingerprint density at radius 2 is 1.71 bits per heavy atom. The van der Waals surface area contributed by atoms with E-state index in [-0.39, 0.29) is 11.7 Å². The number of ether oxygens (including phenoxy) is 2. The fourth-order valence-electron chi connectivity index (χ4n) is 3.60. The molecule has 2 heterocycles. The Morgan fingerprint density at radius 3 is 2.31 bits per heavy atom. The van der Waals surface area contributed by atoms with Crippen LogP contribution < -0.4 is 14.8 Å². The number of carbonyl (C=O) groups is 1. The van der Waals surface area contributed by atoms with Crippen LogP contribution in [0.5, 0.6) is 11.5 Å². The van der Waals surface area contributed by atoms with E-state index in [1.807, 2.05) is 66.9 Å². The molecule has 1 amide bonds. The number of benzene rings is 2. The summed E-state index contributed by atoms with van der Waals surface area (Å²) in [6.07, 6.45) is 0. The van der Waals surface area contributed by atoms with Gasteiger partial charge in [0.05, 0.1) is 25.5 Å². The molecular formula is C25H24N6O3S. The molecule has 4 rings (SSSR count). The first kappa shape index (κ1) is 23.9. The molecule has 2 aromatic heterocycles. The van der Waals surface area contributed by atoms with Crippen molar-refractivity contribution in [3.63, 3.8) is 0 Å². The molecule has 0 radical (unpaired) electrons. The average molecular weight is 489 g/mol. The highest BCUT2D eigenvalue weighted by Crippen LogP contribution is 2.31. The monoisotopic (exact) mass is 488 g/mol. The molecule has 2 aromatic carbocycles. The van der Waals surface area contributed by atoms with Gasteiger partial charge in [-0.3, -0.25) is 14.5 Å². The smallest absolute Gasteiger partial charge is 0.236 e. The van der Waals surface area contributed by atoms with Crippen LogP contribution in [0, 0.1) is 25.2 Å². The quantitative estimate of drug-likeness (QED) is 0.351. The van der Waals surface area contributed by atoms with Gasteiger partial charge >= 0.3 is 0 Å². The Hall–Kier alpha value is -4.23. The first-order valence-electron chi connectivity index (χ1n) is 10.7. The number of amides is 1. The minimum atomic E-state index is -0.269. The fraction of sp³-hybridized carbons (Fsp3) is 0.200. The molecule has 4 aromatic rings. The molecule has 35 heavy (non-hydrogen) atoms. The molecule has 0 spiro atoms. The lowest BCUT2D eigenvalue weighted by Gasteiger charge is -2.13. The van der Waals surface area contributed by atoms with Gasteiger partial charge in [-0.25, -0.2) is 4.98 Å². The number of thioether (sulfide) groups is 1. The molecule has 0 aliphatic carbocycles. The van der Waals surface area contributed by atoms with Crippen molar-refractivity contribution in [3.05, 3.63) is 65.4 Å². The van der Waals surface area contributed by atoms with Crippen LogP contribution in [0.2, 0.25) is 0 Å². The number of aromatic nitrogens is 4. The van der Waals surface area contributed by atoms with Gasteiger partial charge in [0, 0.05) is 16.9 Å². The van der Waals surface area contributed by atoms with Crippen LogP contribution in [0.25, 0.3) is 17.1 Å². The van der Waals surface area contributed by atoms with Crippen molar-refractivity contribution in [2.45, 2.75) is 19.0 Å². The van der Waals surface area contributed by atoms with Crippen molar-refractivity contribution >= 4 is 23.5 Å². The van der Waals surface area contributed by atoms with Gasteiger partial charge in [-0.1, -0.05) is 11.8 Å². The maximum absolute atomic E-state index is 12.9. The van der Waals surface area contributed by atoms with E-state index in [0.29, 0.717) is 22.4 Å². The third-order valence-corrected chi connectivity index (χ3v) is 6.42. The summed E-state index contributed by atoms with van der Waals surface area (Å²) in [6.45, 7) is 3.78. The molecule has 0 saturated carbocycles. The lowest BCUT2D eigenvalue weighted by molar-refractivity contribution is -0.113. The summed E-state index contributed by atoms with van der Waals surface area (Å²) in [6, 6.07) is 17.1. The predicted octanol–water partition coefficient (Wildman–Crippen LogP) is 4.50. The van der Waals surface area contributed by atoms with Gasteiger partial charge in [0.1, 0.15) is 23.4 Å². The topological polar surface area (TPSA) is 118 Å². The summed E-state index contributed by atoms with van der Waals surface area (Å²) in [7, 11) is 3.21. The van der Waals surface area contributed by atoms with Gasteiger partial charge < -0.3 is 14.8 Å². The number of methoxy groups -OCH3 is 2. The Morgan fingerprint density at radius 1 is 1.09 bits per heavy atom. The first-order chi connectivity index (χ1) is 16.9. The normalized spacial score (nSPS) is 10.6. The number of nitrogens with zero attached hydrogens (tertiary/aromatic N) is 4. The zero-order valence-electron chi connectivity index (χ0n) is 19.7. The molecule has 0 unspecified atom stereocenters. The number of H-pyrrole nitrogens is 1. The van der Waals surface area contributed by atoms with Crippen LogP contribution in [0.4, 0.5) is 5.82 Å². The molecule has 10 heteroatoms. The second-order valence-corrected chi connectivity index (χ2v) is 8.55. The van der Waals surface area contributed by atoms with E-state index in [4.69, 9.17) is 9.47 Å². The average Bonchev–Trinajstić information content (AvgIpc) is 3.45. The highest BCUT2D eigenvalue weighted by atomic mass is 32.2. The molecule has 0 aliphatic rings. The van der Waals surface area contributed by atoms with Crippen LogP contribution in [-0.2, 0) is 4.79 Å². The Balaban J connectivity index is 1.50. The summed E-state index contributed by atoms with van der Waals surface area (Å²) in [5.74, 6) is 2.32. The maximum atomic E-state index is 12.9.